The van der Waals surface area contributed by atoms with Crippen molar-refractivity contribution >= 4 is 51.3 Å². The fourth-order valence-electron chi connectivity index (χ4n) is 2.99. The molecular formula is C19H30IN5O2S2. The second-order valence-electron chi connectivity index (χ2n) is 6.22. The Labute approximate surface area is 194 Å². The van der Waals surface area contributed by atoms with Crippen molar-refractivity contribution in [2.45, 2.75) is 30.6 Å². The molecule has 0 radical (unpaired) electrons. The van der Waals surface area contributed by atoms with Crippen LogP contribution in [0.4, 0.5) is 0 Å². The average Bonchev–Trinajstić information content (AvgIpc) is 3.17. The van der Waals surface area contributed by atoms with Crippen molar-refractivity contribution in [2.75, 3.05) is 26.7 Å². The Morgan fingerprint density at radius 2 is 1.79 bits per heavy atom. The van der Waals surface area contributed by atoms with Gasteiger partial charge in [0.15, 0.2) is 5.96 Å². The van der Waals surface area contributed by atoms with Crippen LogP contribution < -0.4 is 15.8 Å². The molecule has 4 N–H and O–H groups in total. The first-order valence-electron chi connectivity index (χ1n) is 9.24. The summed E-state index contributed by atoms with van der Waals surface area (Å²) in [5.41, 5.74) is 1.25. The molecule has 0 spiro atoms. The lowest BCUT2D eigenvalue weighted by molar-refractivity contribution is 0.219. The van der Waals surface area contributed by atoms with Crippen LogP contribution in [0.15, 0.2) is 51.7 Å². The first-order valence-corrected chi connectivity index (χ1v) is 11.6. The quantitative estimate of drug-likeness (QED) is 0.253. The van der Waals surface area contributed by atoms with Gasteiger partial charge in [0.05, 0.1) is 12.6 Å². The van der Waals surface area contributed by atoms with Crippen LogP contribution in [0.25, 0.3) is 0 Å². The normalized spacial score (nSPS) is 13.1. The number of primary sulfonamides is 1. The van der Waals surface area contributed by atoms with Crippen molar-refractivity contribution in [3.05, 3.63) is 52.9 Å². The molecule has 0 saturated heterocycles. The minimum absolute atomic E-state index is 0. The van der Waals surface area contributed by atoms with E-state index in [1.54, 1.807) is 13.1 Å². The third-order valence-corrected chi connectivity index (χ3v) is 7.00. The maximum Gasteiger partial charge on any atom is 0.247 e. The molecule has 1 atom stereocenters. The molecule has 1 aromatic heterocycles. The molecule has 0 aliphatic rings. The lowest BCUT2D eigenvalue weighted by Crippen LogP contribution is -2.42. The van der Waals surface area contributed by atoms with Crippen LogP contribution in [-0.2, 0) is 16.6 Å². The van der Waals surface area contributed by atoms with Gasteiger partial charge in [-0.25, -0.2) is 13.6 Å². The number of likely N-dealkylation sites (N-methyl/N-ethyl adjacent to an activating group) is 1. The average molecular weight is 552 g/mol. The largest absolute Gasteiger partial charge is 0.354 e. The van der Waals surface area contributed by atoms with Gasteiger partial charge in [-0.15, -0.1) is 35.3 Å². The van der Waals surface area contributed by atoms with Crippen LogP contribution in [0.2, 0.25) is 0 Å². The Bertz CT molecular complexity index is 868. The van der Waals surface area contributed by atoms with E-state index in [1.807, 2.05) is 6.07 Å². The zero-order valence-corrected chi connectivity index (χ0v) is 20.9. The number of rotatable bonds is 9. The third-order valence-electron chi connectivity index (χ3n) is 4.47. The van der Waals surface area contributed by atoms with Crippen LogP contribution in [0, 0.1) is 0 Å². The van der Waals surface area contributed by atoms with Crippen LogP contribution in [0.1, 0.15) is 30.3 Å². The summed E-state index contributed by atoms with van der Waals surface area (Å²) in [6.07, 6.45) is 0. The molecule has 0 saturated carbocycles. The number of nitrogens with two attached hydrogens (primary N) is 1. The van der Waals surface area contributed by atoms with Gasteiger partial charge in [-0.1, -0.05) is 44.2 Å². The molecule has 0 fully saturated rings. The summed E-state index contributed by atoms with van der Waals surface area (Å²) >= 11 is 1.16. The number of aliphatic imine (C=N–C) groups is 1. The highest BCUT2D eigenvalue weighted by molar-refractivity contribution is 14.0. The number of sulfonamides is 1. The summed E-state index contributed by atoms with van der Waals surface area (Å²) in [7, 11) is -1.94. The summed E-state index contributed by atoms with van der Waals surface area (Å²) in [6.45, 7) is 7.41. The molecule has 2 rings (SSSR count). The van der Waals surface area contributed by atoms with E-state index in [4.69, 9.17) is 5.14 Å². The van der Waals surface area contributed by atoms with E-state index in [2.05, 4.69) is 58.6 Å². The molecule has 0 bridgehead atoms. The number of hydrogen-bond acceptors (Lipinski definition) is 5. The summed E-state index contributed by atoms with van der Waals surface area (Å²) in [5, 5.41) is 11.8. The lowest BCUT2D eigenvalue weighted by atomic mass is 10.1. The fraction of sp³-hybridized carbons (Fsp3) is 0.421. The van der Waals surface area contributed by atoms with Crippen molar-refractivity contribution < 1.29 is 8.42 Å². The third kappa shape index (κ3) is 7.85. The number of guanidine groups is 1. The smallest absolute Gasteiger partial charge is 0.247 e. The zero-order valence-electron chi connectivity index (χ0n) is 17.0. The van der Waals surface area contributed by atoms with Crippen LogP contribution in [0.3, 0.4) is 0 Å². The second-order valence-corrected chi connectivity index (χ2v) is 9.18. The molecule has 0 aliphatic heterocycles. The lowest BCUT2D eigenvalue weighted by Gasteiger charge is -2.30. The van der Waals surface area contributed by atoms with Crippen LogP contribution in [-0.4, -0.2) is 46.0 Å². The number of thiophene rings is 1. The predicted molar refractivity (Wildman–Crippen MR) is 131 cm³/mol. The second kappa shape index (κ2) is 12.5. The minimum Gasteiger partial charge on any atom is -0.354 e. The summed E-state index contributed by atoms with van der Waals surface area (Å²) in [4.78, 5) is 7.54. The highest BCUT2D eigenvalue weighted by atomic mass is 127. The molecule has 162 valence electrons. The van der Waals surface area contributed by atoms with Crippen molar-refractivity contribution in [1.29, 1.82) is 0 Å². The first-order chi connectivity index (χ1) is 13.4. The van der Waals surface area contributed by atoms with Crippen molar-refractivity contribution in [2.24, 2.45) is 10.1 Å². The monoisotopic (exact) mass is 551 g/mol. The van der Waals surface area contributed by atoms with Gasteiger partial charge in [-0.3, -0.25) is 9.89 Å². The van der Waals surface area contributed by atoms with Crippen LogP contribution in [0.5, 0.6) is 0 Å². The SMILES string of the molecule is CCN(CC)C(CNC(=NC)NCc1ccc(S(N)(=O)=O)s1)c1ccccc1.I. The van der Waals surface area contributed by atoms with Gasteiger partial charge in [0.2, 0.25) is 10.0 Å². The highest BCUT2D eigenvalue weighted by Crippen LogP contribution is 2.21. The molecular weight excluding hydrogens is 521 g/mol. The Hall–Kier alpha value is -1.21. The van der Waals surface area contributed by atoms with Gasteiger partial charge in [-0.05, 0) is 30.8 Å². The van der Waals surface area contributed by atoms with E-state index in [9.17, 15) is 8.42 Å². The van der Waals surface area contributed by atoms with Crippen LogP contribution >= 0.6 is 35.3 Å². The summed E-state index contributed by atoms with van der Waals surface area (Å²) < 4.78 is 23.0. The van der Waals surface area contributed by atoms with Crippen molar-refractivity contribution in [3.63, 3.8) is 0 Å². The number of halogens is 1. The molecule has 1 aromatic carbocycles. The Morgan fingerprint density at radius 1 is 1.14 bits per heavy atom. The van der Waals surface area contributed by atoms with Gasteiger partial charge in [0.1, 0.15) is 4.21 Å². The van der Waals surface area contributed by atoms with E-state index < -0.39 is 10.0 Å². The molecule has 10 heteroatoms. The Morgan fingerprint density at radius 3 is 2.31 bits per heavy atom. The topological polar surface area (TPSA) is 99.8 Å². The molecule has 0 amide bonds. The molecule has 29 heavy (non-hydrogen) atoms. The van der Waals surface area contributed by atoms with E-state index >= 15 is 0 Å². The summed E-state index contributed by atoms with van der Waals surface area (Å²) in [5.74, 6) is 0.665. The molecule has 0 aliphatic carbocycles. The number of nitrogens with zero attached hydrogens (tertiary/aromatic N) is 2. The van der Waals surface area contributed by atoms with Gasteiger partial charge in [0.25, 0.3) is 0 Å². The number of hydrogen-bond donors (Lipinski definition) is 3. The standard InChI is InChI=1S/C19H29N5O2S2.HI/c1-4-24(5-2)17(15-9-7-6-8-10-15)14-23-19(21-3)22-13-16-11-12-18(27-16)28(20,25)26;/h6-12,17H,4-5,13-14H2,1-3H3,(H2,20,25,26)(H2,21,22,23);1H. The van der Waals surface area contributed by atoms with E-state index in [0.29, 0.717) is 19.0 Å². The van der Waals surface area contributed by atoms with Gasteiger partial charge in [-0.2, -0.15) is 0 Å². The Balaban J connectivity index is 0.00000420. The van der Waals surface area contributed by atoms with Gasteiger partial charge < -0.3 is 10.6 Å². The minimum atomic E-state index is -3.65. The molecule has 1 unspecified atom stereocenters. The fourth-order valence-corrected chi connectivity index (χ4v) is 4.71. The van der Waals surface area contributed by atoms with E-state index in [1.165, 1.54) is 11.6 Å². The zero-order chi connectivity index (χ0) is 20.6. The number of benzene rings is 1. The Kier molecular flexibility index (Phi) is 11.1. The highest BCUT2D eigenvalue weighted by Gasteiger charge is 2.18. The predicted octanol–water partition coefficient (Wildman–Crippen LogP) is 2.76. The molecule has 2 aromatic rings. The van der Waals surface area contributed by atoms with E-state index in [0.717, 1.165) is 29.3 Å². The summed E-state index contributed by atoms with van der Waals surface area (Å²) in [6, 6.07) is 13.9. The molecule has 1 heterocycles. The van der Waals surface area contributed by atoms with E-state index in [-0.39, 0.29) is 34.2 Å². The number of nitrogens with one attached hydrogen (secondary N) is 2. The maximum absolute atomic E-state index is 11.4. The van der Waals surface area contributed by atoms with Gasteiger partial charge in [0, 0.05) is 18.5 Å². The maximum atomic E-state index is 11.4. The van der Waals surface area contributed by atoms with Gasteiger partial charge >= 0.3 is 0 Å². The molecule has 7 nitrogen and oxygen atoms in total. The van der Waals surface area contributed by atoms with Crippen molar-refractivity contribution in [1.82, 2.24) is 15.5 Å². The van der Waals surface area contributed by atoms with Crippen molar-refractivity contribution in [3.8, 4) is 0 Å². The first kappa shape index (κ1) is 25.8.